The van der Waals surface area contributed by atoms with E-state index < -0.39 is 30.3 Å². The van der Waals surface area contributed by atoms with E-state index in [0.29, 0.717) is 0 Å². The van der Waals surface area contributed by atoms with Crippen LogP contribution in [-0.4, -0.2) is 20.0 Å². The van der Waals surface area contributed by atoms with Crippen molar-refractivity contribution in [1.82, 2.24) is 0 Å². The molecule has 0 N–H and O–H groups in total. The zero-order valence-corrected chi connectivity index (χ0v) is 9.30. The molecule has 0 amide bonds. The quantitative estimate of drug-likeness (QED) is 0.783. The number of nitriles is 1. The molecule has 0 aliphatic carbocycles. The molecule has 1 aromatic carbocycles. The van der Waals surface area contributed by atoms with Gasteiger partial charge in [0.15, 0.2) is 0 Å². The molecule has 0 aliphatic heterocycles. The van der Waals surface area contributed by atoms with Crippen LogP contribution in [0, 0.1) is 11.3 Å². The number of rotatable bonds is 3. The van der Waals surface area contributed by atoms with Crippen molar-refractivity contribution in [3.05, 3.63) is 29.3 Å². The molecule has 7 heteroatoms. The molecule has 0 saturated carbocycles. The molecule has 0 aliphatic rings. The van der Waals surface area contributed by atoms with Gasteiger partial charge >= 0.3 is 6.18 Å². The first kappa shape index (κ1) is 14.2. The van der Waals surface area contributed by atoms with Crippen LogP contribution in [0.25, 0.3) is 0 Å². The number of anilines is 1. The molecule has 0 unspecified atom stereocenters. The molecule has 0 spiro atoms. The number of alkyl halides is 5. The van der Waals surface area contributed by atoms with Crippen molar-refractivity contribution < 1.29 is 22.0 Å². The summed E-state index contributed by atoms with van der Waals surface area (Å²) in [7, 11) is 1.32. The predicted molar refractivity (Wildman–Crippen MR) is 55.4 cm³/mol. The molecule has 18 heavy (non-hydrogen) atoms. The summed E-state index contributed by atoms with van der Waals surface area (Å²) in [5.41, 5.74) is -1.51. The van der Waals surface area contributed by atoms with Gasteiger partial charge in [-0.15, -0.1) is 0 Å². The van der Waals surface area contributed by atoms with Gasteiger partial charge in [0.1, 0.15) is 0 Å². The van der Waals surface area contributed by atoms with Crippen LogP contribution >= 0.6 is 0 Å². The van der Waals surface area contributed by atoms with E-state index in [1.807, 2.05) is 0 Å². The van der Waals surface area contributed by atoms with Gasteiger partial charge in [-0.3, -0.25) is 0 Å². The van der Waals surface area contributed by atoms with E-state index >= 15 is 0 Å². The van der Waals surface area contributed by atoms with E-state index in [-0.39, 0.29) is 5.69 Å². The fourth-order valence-electron chi connectivity index (χ4n) is 1.42. The summed E-state index contributed by atoms with van der Waals surface area (Å²) >= 11 is 0. The maximum atomic E-state index is 12.5. The summed E-state index contributed by atoms with van der Waals surface area (Å²) in [5, 5.41) is 8.65. The van der Waals surface area contributed by atoms with Gasteiger partial charge in [-0.25, -0.2) is 8.78 Å². The van der Waals surface area contributed by atoms with E-state index in [1.165, 1.54) is 13.1 Å². The van der Waals surface area contributed by atoms with Gasteiger partial charge in [-0.2, -0.15) is 18.4 Å². The number of nitrogens with zero attached hydrogens (tertiary/aromatic N) is 2. The summed E-state index contributed by atoms with van der Waals surface area (Å²) in [4.78, 5) is 1.09. The fourth-order valence-corrected chi connectivity index (χ4v) is 1.42. The predicted octanol–water partition coefficient (Wildman–Crippen LogP) is 3.28. The molecule has 98 valence electrons. The van der Waals surface area contributed by atoms with Crippen LogP contribution < -0.4 is 4.90 Å². The van der Waals surface area contributed by atoms with Crippen LogP contribution in [0.2, 0.25) is 0 Å². The van der Waals surface area contributed by atoms with Crippen molar-refractivity contribution >= 4 is 5.69 Å². The van der Waals surface area contributed by atoms with Gasteiger partial charge in [-0.05, 0) is 18.2 Å². The van der Waals surface area contributed by atoms with E-state index in [0.717, 1.165) is 23.1 Å². The van der Waals surface area contributed by atoms with Gasteiger partial charge in [0.25, 0.3) is 6.43 Å². The lowest BCUT2D eigenvalue weighted by atomic mass is 10.1. The second kappa shape index (κ2) is 5.21. The van der Waals surface area contributed by atoms with E-state index in [4.69, 9.17) is 5.26 Å². The maximum absolute atomic E-state index is 12.5. The third-order valence-corrected chi connectivity index (χ3v) is 2.28. The Balaban J connectivity index is 3.11. The standard InChI is InChI=1S/C11H9F5N2/c1-18(6-10(12)13)8-2-3-9(11(14,15)16)7(4-8)5-17/h2-4,10H,6H2,1H3. The van der Waals surface area contributed by atoms with Crippen molar-refractivity contribution in [2.24, 2.45) is 0 Å². The topological polar surface area (TPSA) is 27.0 Å². The van der Waals surface area contributed by atoms with Crippen molar-refractivity contribution in [3.63, 3.8) is 0 Å². The minimum Gasteiger partial charge on any atom is -0.369 e. The molecule has 0 saturated heterocycles. The highest BCUT2D eigenvalue weighted by molar-refractivity contribution is 5.55. The highest BCUT2D eigenvalue weighted by Gasteiger charge is 2.33. The van der Waals surface area contributed by atoms with E-state index in [2.05, 4.69) is 0 Å². The Hall–Kier alpha value is -1.84. The average Bonchev–Trinajstić information content (AvgIpc) is 2.26. The Morgan fingerprint density at radius 1 is 1.33 bits per heavy atom. The van der Waals surface area contributed by atoms with Crippen molar-refractivity contribution in [1.29, 1.82) is 5.26 Å². The lowest BCUT2D eigenvalue weighted by molar-refractivity contribution is -0.137. The highest BCUT2D eigenvalue weighted by Crippen LogP contribution is 2.33. The Kier molecular flexibility index (Phi) is 4.11. The largest absolute Gasteiger partial charge is 0.417 e. The molecule has 2 nitrogen and oxygen atoms in total. The number of hydrogen-bond donors (Lipinski definition) is 0. The number of hydrogen-bond acceptors (Lipinski definition) is 2. The van der Waals surface area contributed by atoms with Crippen molar-refractivity contribution in [2.75, 3.05) is 18.5 Å². The summed E-state index contributed by atoms with van der Waals surface area (Å²) in [6, 6.07) is 4.15. The summed E-state index contributed by atoms with van der Waals surface area (Å²) in [6.45, 7) is -0.615. The van der Waals surface area contributed by atoms with Crippen LogP contribution in [0.15, 0.2) is 18.2 Å². The summed E-state index contributed by atoms with van der Waals surface area (Å²) in [6.07, 6.45) is -7.24. The average molecular weight is 264 g/mol. The third-order valence-electron chi connectivity index (χ3n) is 2.28. The molecular formula is C11H9F5N2. The van der Waals surface area contributed by atoms with Gasteiger partial charge in [0.2, 0.25) is 0 Å². The van der Waals surface area contributed by atoms with Gasteiger partial charge in [0, 0.05) is 12.7 Å². The molecule has 0 fully saturated rings. The highest BCUT2D eigenvalue weighted by atomic mass is 19.4. The molecule has 0 aromatic heterocycles. The molecule has 1 rings (SSSR count). The maximum Gasteiger partial charge on any atom is 0.417 e. The first-order valence-electron chi connectivity index (χ1n) is 4.86. The fraction of sp³-hybridized carbons (Fsp3) is 0.364. The molecule has 0 atom stereocenters. The zero-order valence-electron chi connectivity index (χ0n) is 9.30. The Bertz CT molecular complexity index is 461. The Morgan fingerprint density at radius 3 is 2.39 bits per heavy atom. The molecular weight excluding hydrogens is 255 g/mol. The minimum atomic E-state index is -4.63. The summed E-state index contributed by atoms with van der Waals surface area (Å²) in [5.74, 6) is 0. The number of halogens is 5. The first-order valence-corrected chi connectivity index (χ1v) is 4.86. The minimum absolute atomic E-state index is 0.139. The monoisotopic (exact) mass is 264 g/mol. The van der Waals surface area contributed by atoms with Crippen LogP contribution in [0.4, 0.5) is 27.6 Å². The first-order chi connectivity index (χ1) is 8.25. The normalized spacial score (nSPS) is 11.4. The van der Waals surface area contributed by atoms with Crippen LogP contribution in [-0.2, 0) is 6.18 Å². The third kappa shape index (κ3) is 3.32. The van der Waals surface area contributed by atoms with Crippen LogP contribution in [0.5, 0.6) is 0 Å². The number of benzene rings is 1. The van der Waals surface area contributed by atoms with Gasteiger partial charge < -0.3 is 4.90 Å². The van der Waals surface area contributed by atoms with Crippen molar-refractivity contribution in [2.45, 2.75) is 12.6 Å². The van der Waals surface area contributed by atoms with Gasteiger partial charge in [0.05, 0.1) is 23.7 Å². The van der Waals surface area contributed by atoms with E-state index in [9.17, 15) is 22.0 Å². The van der Waals surface area contributed by atoms with Crippen LogP contribution in [0.1, 0.15) is 11.1 Å². The van der Waals surface area contributed by atoms with Gasteiger partial charge in [-0.1, -0.05) is 0 Å². The van der Waals surface area contributed by atoms with Crippen LogP contribution in [0.3, 0.4) is 0 Å². The molecule has 0 bridgehead atoms. The molecule has 1 aromatic rings. The molecule has 0 radical (unpaired) electrons. The Morgan fingerprint density at radius 2 is 1.94 bits per heavy atom. The smallest absolute Gasteiger partial charge is 0.369 e. The zero-order chi connectivity index (χ0) is 13.9. The van der Waals surface area contributed by atoms with E-state index in [1.54, 1.807) is 0 Å². The second-order valence-corrected chi connectivity index (χ2v) is 3.61. The summed E-state index contributed by atoms with van der Waals surface area (Å²) < 4.78 is 61.8. The lowest BCUT2D eigenvalue weighted by Gasteiger charge is -2.20. The Labute approximate surface area is 100 Å². The molecule has 0 heterocycles. The van der Waals surface area contributed by atoms with Crippen molar-refractivity contribution in [3.8, 4) is 6.07 Å². The lowest BCUT2D eigenvalue weighted by Crippen LogP contribution is -2.24. The second-order valence-electron chi connectivity index (χ2n) is 3.61. The SMILES string of the molecule is CN(CC(F)F)c1ccc(C(F)(F)F)c(C#N)c1.